The van der Waals surface area contributed by atoms with Gasteiger partial charge in [-0.15, -0.1) is 0 Å². The van der Waals surface area contributed by atoms with Gasteiger partial charge < -0.3 is 10.1 Å². The molecule has 1 fully saturated rings. The molecule has 0 atom stereocenters. The monoisotopic (exact) mass is 338 g/mol. The van der Waals surface area contributed by atoms with Gasteiger partial charge in [0.15, 0.2) is 0 Å². The van der Waals surface area contributed by atoms with Crippen molar-refractivity contribution in [2.75, 3.05) is 26.2 Å². The molecular weight excluding hydrogens is 320 g/mol. The summed E-state index contributed by atoms with van der Waals surface area (Å²) in [7, 11) is 0. The number of carbonyl (C=O) groups is 2. The van der Waals surface area contributed by atoms with Crippen LogP contribution >= 0.6 is 15.9 Å². The van der Waals surface area contributed by atoms with E-state index in [0.29, 0.717) is 24.6 Å². The van der Waals surface area contributed by atoms with Crippen molar-refractivity contribution in [1.82, 2.24) is 10.2 Å². The molecule has 1 saturated heterocycles. The average Bonchev–Trinajstić information content (AvgIpc) is 2.46. The Morgan fingerprint density at radius 2 is 2.15 bits per heavy atom. The third-order valence-electron chi connectivity index (χ3n) is 3.68. The van der Waals surface area contributed by atoms with E-state index in [0.717, 1.165) is 36.7 Å². The Kier molecular flexibility index (Phi) is 5.73. The minimum absolute atomic E-state index is 0.0263. The number of aldehydes is 1. The van der Waals surface area contributed by atoms with E-state index in [-0.39, 0.29) is 5.91 Å². The van der Waals surface area contributed by atoms with Crippen LogP contribution in [0.25, 0.3) is 0 Å². The molecule has 0 radical (unpaired) electrons. The number of likely N-dealkylation sites (tertiary alicyclic amines) is 1. The molecule has 0 spiro atoms. The maximum absolute atomic E-state index is 12.0. The van der Waals surface area contributed by atoms with Crippen LogP contribution in [0.4, 0.5) is 0 Å². The molecule has 0 unspecified atom stereocenters. The summed E-state index contributed by atoms with van der Waals surface area (Å²) in [6.07, 6.45) is 3.02. The van der Waals surface area contributed by atoms with E-state index in [9.17, 15) is 9.59 Å². The normalized spacial score (nSPS) is 16.9. The van der Waals surface area contributed by atoms with Crippen molar-refractivity contribution in [1.29, 1.82) is 0 Å². The van der Waals surface area contributed by atoms with Crippen LogP contribution in [0.15, 0.2) is 28.7 Å². The Labute approximate surface area is 127 Å². The largest absolute Gasteiger partial charge is 0.352 e. The molecule has 4 nitrogen and oxygen atoms in total. The molecule has 0 aromatic heterocycles. The third-order valence-corrected chi connectivity index (χ3v) is 4.17. The highest BCUT2D eigenvalue weighted by molar-refractivity contribution is 9.10. The first-order chi connectivity index (χ1) is 9.69. The molecule has 1 aromatic rings. The number of rotatable bonds is 5. The Morgan fingerprint density at radius 1 is 1.40 bits per heavy atom. The van der Waals surface area contributed by atoms with E-state index in [1.165, 1.54) is 0 Å². The SMILES string of the molecule is O=CCN1CCC(CNC(=O)c2cccc(Br)c2)CC1. The summed E-state index contributed by atoms with van der Waals surface area (Å²) in [6, 6.07) is 7.39. The smallest absolute Gasteiger partial charge is 0.251 e. The molecular formula is C15H19BrN2O2. The third kappa shape index (κ3) is 4.42. The lowest BCUT2D eigenvalue weighted by Crippen LogP contribution is -2.39. The Balaban J connectivity index is 1.76. The highest BCUT2D eigenvalue weighted by Crippen LogP contribution is 2.16. The average molecular weight is 339 g/mol. The molecule has 1 N–H and O–H groups in total. The first-order valence-electron chi connectivity index (χ1n) is 6.89. The molecule has 1 heterocycles. The first-order valence-corrected chi connectivity index (χ1v) is 7.68. The van der Waals surface area contributed by atoms with Gasteiger partial charge in [0.1, 0.15) is 6.29 Å². The summed E-state index contributed by atoms with van der Waals surface area (Å²) >= 11 is 3.37. The van der Waals surface area contributed by atoms with Crippen molar-refractivity contribution in [2.24, 2.45) is 5.92 Å². The van der Waals surface area contributed by atoms with Crippen molar-refractivity contribution in [3.8, 4) is 0 Å². The number of carbonyl (C=O) groups excluding carboxylic acids is 2. The number of nitrogens with zero attached hydrogens (tertiary/aromatic N) is 1. The molecule has 1 aliphatic heterocycles. The van der Waals surface area contributed by atoms with Gasteiger partial charge in [0, 0.05) is 16.6 Å². The van der Waals surface area contributed by atoms with Gasteiger partial charge in [0.2, 0.25) is 0 Å². The van der Waals surface area contributed by atoms with Crippen molar-refractivity contribution < 1.29 is 9.59 Å². The van der Waals surface area contributed by atoms with Crippen LogP contribution in [0.5, 0.6) is 0 Å². The topological polar surface area (TPSA) is 49.4 Å². The van der Waals surface area contributed by atoms with E-state index >= 15 is 0 Å². The van der Waals surface area contributed by atoms with E-state index in [4.69, 9.17) is 0 Å². The molecule has 20 heavy (non-hydrogen) atoms. The van der Waals surface area contributed by atoms with Crippen LogP contribution in [-0.2, 0) is 4.79 Å². The van der Waals surface area contributed by atoms with Crippen molar-refractivity contribution in [2.45, 2.75) is 12.8 Å². The van der Waals surface area contributed by atoms with Gasteiger partial charge >= 0.3 is 0 Å². The summed E-state index contributed by atoms with van der Waals surface area (Å²) < 4.78 is 0.910. The van der Waals surface area contributed by atoms with E-state index in [1.807, 2.05) is 24.3 Å². The number of amides is 1. The lowest BCUT2D eigenvalue weighted by atomic mass is 9.96. The Morgan fingerprint density at radius 3 is 2.80 bits per heavy atom. The van der Waals surface area contributed by atoms with Gasteiger partial charge in [-0.05, 0) is 50.0 Å². The minimum atomic E-state index is -0.0263. The Bertz CT molecular complexity index is 471. The van der Waals surface area contributed by atoms with Gasteiger partial charge in [0.05, 0.1) is 6.54 Å². The molecule has 0 bridgehead atoms. The fraction of sp³-hybridized carbons (Fsp3) is 0.467. The van der Waals surface area contributed by atoms with E-state index in [1.54, 1.807) is 0 Å². The standard InChI is InChI=1S/C15H19BrN2O2/c16-14-3-1-2-13(10-14)15(20)17-11-12-4-6-18(7-5-12)8-9-19/h1-3,9-10,12H,4-8,11H2,(H,17,20). The number of hydrogen-bond acceptors (Lipinski definition) is 3. The summed E-state index contributed by atoms with van der Waals surface area (Å²) in [6.45, 7) is 3.11. The van der Waals surface area contributed by atoms with Gasteiger partial charge in [-0.3, -0.25) is 9.69 Å². The maximum atomic E-state index is 12.0. The molecule has 1 amide bonds. The number of nitrogens with one attached hydrogen (secondary N) is 1. The highest BCUT2D eigenvalue weighted by atomic mass is 79.9. The van der Waals surface area contributed by atoms with Crippen molar-refractivity contribution >= 4 is 28.1 Å². The number of piperidine rings is 1. The van der Waals surface area contributed by atoms with Crippen LogP contribution < -0.4 is 5.32 Å². The van der Waals surface area contributed by atoms with Crippen LogP contribution in [0, 0.1) is 5.92 Å². The van der Waals surface area contributed by atoms with Crippen molar-refractivity contribution in [3.63, 3.8) is 0 Å². The molecule has 108 valence electrons. The van der Waals surface area contributed by atoms with Crippen LogP contribution in [0.2, 0.25) is 0 Å². The van der Waals surface area contributed by atoms with E-state index < -0.39 is 0 Å². The zero-order valence-corrected chi connectivity index (χ0v) is 12.9. The molecule has 1 aromatic carbocycles. The zero-order chi connectivity index (χ0) is 14.4. The van der Waals surface area contributed by atoms with Gasteiger partial charge in [-0.25, -0.2) is 0 Å². The lowest BCUT2D eigenvalue weighted by Gasteiger charge is -2.30. The van der Waals surface area contributed by atoms with Crippen molar-refractivity contribution in [3.05, 3.63) is 34.3 Å². The number of halogens is 1. The molecule has 2 rings (SSSR count). The van der Waals surface area contributed by atoms with Gasteiger partial charge in [-0.1, -0.05) is 22.0 Å². The minimum Gasteiger partial charge on any atom is -0.352 e. The maximum Gasteiger partial charge on any atom is 0.251 e. The Hall–Kier alpha value is -1.20. The highest BCUT2D eigenvalue weighted by Gasteiger charge is 2.19. The number of benzene rings is 1. The second kappa shape index (κ2) is 7.55. The quantitative estimate of drug-likeness (QED) is 0.836. The summed E-state index contributed by atoms with van der Waals surface area (Å²) in [4.78, 5) is 24.6. The summed E-state index contributed by atoms with van der Waals surface area (Å²) in [5.74, 6) is 0.482. The molecule has 0 saturated carbocycles. The molecule has 5 heteroatoms. The van der Waals surface area contributed by atoms with E-state index in [2.05, 4.69) is 26.1 Å². The van der Waals surface area contributed by atoms with Crippen LogP contribution in [0.1, 0.15) is 23.2 Å². The lowest BCUT2D eigenvalue weighted by molar-refractivity contribution is -0.109. The second-order valence-corrected chi connectivity index (χ2v) is 6.05. The molecule has 1 aliphatic rings. The van der Waals surface area contributed by atoms with Gasteiger partial charge in [0.25, 0.3) is 5.91 Å². The fourth-order valence-corrected chi connectivity index (χ4v) is 2.85. The van der Waals surface area contributed by atoms with Crippen LogP contribution in [0.3, 0.4) is 0 Å². The number of hydrogen-bond donors (Lipinski definition) is 1. The predicted molar refractivity (Wildman–Crippen MR) is 81.7 cm³/mol. The van der Waals surface area contributed by atoms with Gasteiger partial charge in [-0.2, -0.15) is 0 Å². The second-order valence-electron chi connectivity index (χ2n) is 5.13. The first kappa shape index (κ1) is 15.2. The molecule has 0 aliphatic carbocycles. The zero-order valence-electron chi connectivity index (χ0n) is 11.3. The van der Waals surface area contributed by atoms with Crippen LogP contribution in [-0.4, -0.2) is 43.3 Å². The fourth-order valence-electron chi connectivity index (χ4n) is 2.45. The summed E-state index contributed by atoms with van der Waals surface area (Å²) in [5, 5.41) is 2.99. The summed E-state index contributed by atoms with van der Waals surface area (Å²) in [5.41, 5.74) is 0.678. The predicted octanol–water partition coefficient (Wildman–Crippen LogP) is 2.09.